The molecule has 0 spiro atoms. The second-order valence-corrected chi connectivity index (χ2v) is 5.13. The number of hydrogen-bond donors (Lipinski definition) is 2. The van der Waals surface area contributed by atoms with Crippen LogP contribution in [0.15, 0.2) is 23.6 Å². The molecule has 2 heterocycles. The van der Waals surface area contributed by atoms with E-state index in [4.69, 9.17) is 0 Å². The molecule has 2 N–H and O–H groups in total. The fourth-order valence-electron chi connectivity index (χ4n) is 2.06. The zero-order valence-electron chi connectivity index (χ0n) is 9.99. The number of aromatic nitrogens is 1. The van der Waals surface area contributed by atoms with Gasteiger partial charge in [0, 0.05) is 23.2 Å². The summed E-state index contributed by atoms with van der Waals surface area (Å²) in [7, 11) is 1.91. The smallest absolute Gasteiger partial charge is 0.228 e. The molecule has 1 aliphatic heterocycles. The van der Waals surface area contributed by atoms with Crippen LogP contribution in [0.5, 0.6) is 0 Å². The highest BCUT2D eigenvalue weighted by atomic mass is 32.1. The standard InChI is InChI=1S/C13H13N3OS/c1-14-6-10-7-18-13(15-10)8-2-3-11-9(4-8)5-12(17)16-11/h2-4,7,14H,5-6H2,1H3,(H,16,17). The molecule has 1 aromatic heterocycles. The van der Waals surface area contributed by atoms with Crippen molar-refractivity contribution in [2.75, 3.05) is 12.4 Å². The molecular weight excluding hydrogens is 246 g/mol. The van der Waals surface area contributed by atoms with Crippen LogP contribution in [0.4, 0.5) is 5.69 Å². The molecule has 5 heteroatoms. The van der Waals surface area contributed by atoms with Crippen molar-refractivity contribution in [1.29, 1.82) is 0 Å². The van der Waals surface area contributed by atoms with Gasteiger partial charge in [0.1, 0.15) is 5.01 Å². The predicted molar refractivity (Wildman–Crippen MR) is 72.6 cm³/mol. The Hall–Kier alpha value is -1.72. The van der Waals surface area contributed by atoms with Crippen molar-refractivity contribution in [1.82, 2.24) is 10.3 Å². The van der Waals surface area contributed by atoms with Crippen LogP contribution in [0.2, 0.25) is 0 Å². The number of amides is 1. The summed E-state index contributed by atoms with van der Waals surface area (Å²) in [6, 6.07) is 6.01. The average molecular weight is 259 g/mol. The molecular formula is C13H13N3OS. The Bertz CT molecular complexity index is 606. The highest BCUT2D eigenvalue weighted by Gasteiger charge is 2.18. The highest BCUT2D eigenvalue weighted by molar-refractivity contribution is 7.13. The van der Waals surface area contributed by atoms with Gasteiger partial charge in [-0.15, -0.1) is 11.3 Å². The van der Waals surface area contributed by atoms with Crippen molar-refractivity contribution in [2.24, 2.45) is 0 Å². The topological polar surface area (TPSA) is 54.0 Å². The number of thiazole rings is 1. The Labute approximate surface area is 109 Å². The van der Waals surface area contributed by atoms with Crippen molar-refractivity contribution in [2.45, 2.75) is 13.0 Å². The van der Waals surface area contributed by atoms with Gasteiger partial charge < -0.3 is 10.6 Å². The minimum absolute atomic E-state index is 0.0668. The van der Waals surface area contributed by atoms with E-state index in [1.165, 1.54) is 0 Å². The first kappa shape index (κ1) is 11.4. The van der Waals surface area contributed by atoms with Crippen LogP contribution in [0.3, 0.4) is 0 Å². The van der Waals surface area contributed by atoms with Crippen LogP contribution in [0.1, 0.15) is 11.3 Å². The Morgan fingerprint density at radius 1 is 1.50 bits per heavy atom. The van der Waals surface area contributed by atoms with E-state index in [0.717, 1.165) is 34.1 Å². The van der Waals surface area contributed by atoms with Gasteiger partial charge in [-0.1, -0.05) is 0 Å². The predicted octanol–water partition coefficient (Wildman–Crippen LogP) is 2.02. The number of nitrogens with one attached hydrogen (secondary N) is 2. The van der Waals surface area contributed by atoms with Crippen LogP contribution in [-0.2, 0) is 17.8 Å². The van der Waals surface area contributed by atoms with Gasteiger partial charge in [0.15, 0.2) is 0 Å². The molecule has 1 amide bonds. The fraction of sp³-hybridized carbons (Fsp3) is 0.231. The second-order valence-electron chi connectivity index (χ2n) is 4.27. The normalized spacial score (nSPS) is 13.5. The van der Waals surface area contributed by atoms with E-state index < -0.39 is 0 Å². The molecule has 1 aromatic carbocycles. The number of carbonyl (C=O) groups excluding carboxylic acids is 1. The van der Waals surface area contributed by atoms with E-state index in [9.17, 15) is 4.79 Å². The Morgan fingerprint density at radius 2 is 2.39 bits per heavy atom. The molecule has 0 saturated carbocycles. The molecule has 0 fully saturated rings. The SMILES string of the molecule is CNCc1csc(-c2ccc3c(c2)CC(=O)N3)n1. The summed E-state index contributed by atoms with van der Waals surface area (Å²) in [4.78, 5) is 15.9. The van der Waals surface area contributed by atoms with Gasteiger partial charge in [-0.05, 0) is 30.8 Å². The average Bonchev–Trinajstić information content (AvgIpc) is 2.93. The summed E-state index contributed by atoms with van der Waals surface area (Å²) in [6.07, 6.45) is 0.470. The summed E-state index contributed by atoms with van der Waals surface area (Å²) < 4.78 is 0. The molecule has 1 aliphatic rings. The molecule has 0 saturated heterocycles. The van der Waals surface area contributed by atoms with E-state index >= 15 is 0 Å². The van der Waals surface area contributed by atoms with Gasteiger partial charge in [0.25, 0.3) is 0 Å². The van der Waals surface area contributed by atoms with Crippen LogP contribution in [0.25, 0.3) is 10.6 Å². The van der Waals surface area contributed by atoms with Crippen molar-refractivity contribution in [3.63, 3.8) is 0 Å². The lowest BCUT2D eigenvalue weighted by atomic mass is 10.1. The molecule has 18 heavy (non-hydrogen) atoms. The monoisotopic (exact) mass is 259 g/mol. The van der Waals surface area contributed by atoms with Crippen LogP contribution >= 0.6 is 11.3 Å². The summed E-state index contributed by atoms with van der Waals surface area (Å²) in [6.45, 7) is 0.779. The highest BCUT2D eigenvalue weighted by Crippen LogP contribution is 2.30. The largest absolute Gasteiger partial charge is 0.326 e. The zero-order chi connectivity index (χ0) is 12.5. The molecule has 0 radical (unpaired) electrons. The van der Waals surface area contributed by atoms with Gasteiger partial charge in [0.2, 0.25) is 5.91 Å². The molecule has 0 aliphatic carbocycles. The lowest BCUT2D eigenvalue weighted by Gasteiger charge is -2.01. The lowest BCUT2D eigenvalue weighted by molar-refractivity contribution is -0.115. The summed E-state index contributed by atoms with van der Waals surface area (Å²) in [5, 5.41) is 8.98. The molecule has 4 nitrogen and oxygen atoms in total. The number of benzene rings is 1. The van der Waals surface area contributed by atoms with Crippen molar-refractivity contribution < 1.29 is 4.79 Å². The molecule has 0 bridgehead atoms. The Morgan fingerprint density at radius 3 is 3.22 bits per heavy atom. The van der Waals surface area contributed by atoms with Crippen molar-refractivity contribution >= 4 is 22.9 Å². The maximum atomic E-state index is 11.3. The molecule has 0 unspecified atom stereocenters. The van der Waals surface area contributed by atoms with Crippen molar-refractivity contribution in [3.05, 3.63) is 34.8 Å². The van der Waals surface area contributed by atoms with Gasteiger partial charge in [-0.25, -0.2) is 4.98 Å². The first-order valence-corrected chi connectivity index (χ1v) is 6.66. The van der Waals surface area contributed by atoms with E-state index in [-0.39, 0.29) is 5.91 Å². The number of hydrogen-bond acceptors (Lipinski definition) is 4. The maximum absolute atomic E-state index is 11.3. The Balaban J connectivity index is 1.92. The number of fused-ring (bicyclic) bond motifs is 1. The van der Waals surface area contributed by atoms with Crippen LogP contribution < -0.4 is 10.6 Å². The van der Waals surface area contributed by atoms with Crippen LogP contribution in [-0.4, -0.2) is 17.9 Å². The van der Waals surface area contributed by atoms with E-state index in [1.807, 2.05) is 19.2 Å². The molecule has 0 atom stereocenters. The summed E-state index contributed by atoms with van der Waals surface area (Å²) in [5.74, 6) is 0.0668. The number of anilines is 1. The zero-order valence-corrected chi connectivity index (χ0v) is 10.8. The number of carbonyl (C=O) groups is 1. The van der Waals surface area contributed by atoms with Gasteiger partial charge in [-0.3, -0.25) is 4.79 Å². The molecule has 92 valence electrons. The number of nitrogens with zero attached hydrogens (tertiary/aromatic N) is 1. The third-order valence-corrected chi connectivity index (χ3v) is 3.83. The minimum atomic E-state index is 0.0668. The third kappa shape index (κ3) is 2.02. The van der Waals surface area contributed by atoms with E-state index in [1.54, 1.807) is 11.3 Å². The summed E-state index contributed by atoms with van der Waals surface area (Å²) in [5.41, 5.74) is 4.11. The maximum Gasteiger partial charge on any atom is 0.228 e. The van der Waals surface area contributed by atoms with E-state index in [2.05, 4.69) is 27.1 Å². The minimum Gasteiger partial charge on any atom is -0.326 e. The van der Waals surface area contributed by atoms with Gasteiger partial charge >= 0.3 is 0 Å². The third-order valence-electron chi connectivity index (χ3n) is 2.89. The van der Waals surface area contributed by atoms with Gasteiger partial charge in [0.05, 0.1) is 12.1 Å². The lowest BCUT2D eigenvalue weighted by Crippen LogP contribution is -2.04. The summed E-state index contributed by atoms with van der Waals surface area (Å²) >= 11 is 1.63. The molecule has 3 rings (SSSR count). The van der Waals surface area contributed by atoms with Crippen LogP contribution in [0, 0.1) is 0 Å². The second kappa shape index (κ2) is 4.51. The number of rotatable bonds is 3. The first-order valence-electron chi connectivity index (χ1n) is 5.78. The van der Waals surface area contributed by atoms with E-state index in [0.29, 0.717) is 6.42 Å². The van der Waals surface area contributed by atoms with Crippen molar-refractivity contribution in [3.8, 4) is 10.6 Å². The Kier molecular flexibility index (Phi) is 2.85. The quantitative estimate of drug-likeness (QED) is 0.886. The fourth-order valence-corrected chi connectivity index (χ4v) is 2.88. The first-order chi connectivity index (χ1) is 8.76. The van der Waals surface area contributed by atoms with Gasteiger partial charge in [-0.2, -0.15) is 0 Å². The molecule has 2 aromatic rings.